The van der Waals surface area contributed by atoms with Crippen LogP contribution in [0.25, 0.3) is 11.3 Å². The Bertz CT molecular complexity index is 1200. The standard InChI is InChI=1S/C30H43ClN3O5P/c1-5-37-40(36,38-6-2)26-12-8-11-25(18-26)39-29-16-15-28(33-21(29)3)27-14-13-24(31)17-23(27)19-32-30(35)34(4)20-22-9-7-10-22/h13-17,22,25-26H,5-12,18-20H2,1-4H3,(H,32,35). The molecule has 2 unspecified atom stereocenters. The number of pyridine rings is 1. The van der Waals surface area contributed by atoms with Crippen molar-refractivity contribution in [2.75, 3.05) is 26.8 Å². The van der Waals surface area contributed by atoms with Crippen molar-refractivity contribution in [3.63, 3.8) is 0 Å². The number of hydrogen-bond donors (Lipinski definition) is 1. The van der Waals surface area contributed by atoms with Crippen LogP contribution in [0.15, 0.2) is 30.3 Å². The van der Waals surface area contributed by atoms with Gasteiger partial charge in [-0.2, -0.15) is 0 Å². The van der Waals surface area contributed by atoms with E-state index in [2.05, 4.69) is 5.32 Å². The summed E-state index contributed by atoms with van der Waals surface area (Å²) in [4.78, 5) is 19.3. The van der Waals surface area contributed by atoms with Gasteiger partial charge in [0.15, 0.2) is 0 Å². The van der Waals surface area contributed by atoms with Gasteiger partial charge in [-0.25, -0.2) is 9.78 Å². The molecule has 10 heteroatoms. The molecule has 40 heavy (non-hydrogen) atoms. The van der Waals surface area contributed by atoms with Crippen LogP contribution in [0.5, 0.6) is 5.75 Å². The molecular weight excluding hydrogens is 549 g/mol. The Morgan fingerprint density at radius 3 is 2.48 bits per heavy atom. The number of aryl methyl sites for hydroxylation is 1. The lowest BCUT2D eigenvalue weighted by molar-refractivity contribution is 0.138. The summed E-state index contributed by atoms with van der Waals surface area (Å²) in [6.07, 6.45) is 6.78. The maximum absolute atomic E-state index is 13.3. The number of nitrogens with one attached hydrogen (secondary N) is 1. The molecule has 1 aromatic carbocycles. The highest BCUT2D eigenvalue weighted by Crippen LogP contribution is 2.57. The van der Waals surface area contributed by atoms with E-state index in [0.29, 0.717) is 42.9 Å². The minimum atomic E-state index is -3.17. The number of benzene rings is 1. The van der Waals surface area contributed by atoms with E-state index in [4.69, 9.17) is 30.4 Å². The topological polar surface area (TPSA) is 90.0 Å². The van der Waals surface area contributed by atoms with Crippen molar-refractivity contribution in [1.82, 2.24) is 15.2 Å². The van der Waals surface area contributed by atoms with Gasteiger partial charge >= 0.3 is 13.6 Å². The van der Waals surface area contributed by atoms with Crippen LogP contribution in [0.1, 0.15) is 70.1 Å². The van der Waals surface area contributed by atoms with Gasteiger partial charge in [0, 0.05) is 30.7 Å². The van der Waals surface area contributed by atoms with Gasteiger partial charge in [-0.15, -0.1) is 0 Å². The molecule has 220 valence electrons. The van der Waals surface area contributed by atoms with Crippen molar-refractivity contribution < 1.29 is 23.1 Å². The number of ether oxygens (including phenoxy) is 1. The second-order valence-corrected chi connectivity index (χ2v) is 13.6. The molecule has 8 nitrogen and oxygen atoms in total. The summed E-state index contributed by atoms with van der Waals surface area (Å²) in [5.74, 6) is 1.32. The van der Waals surface area contributed by atoms with Crippen molar-refractivity contribution in [3.05, 3.63) is 46.6 Å². The first-order chi connectivity index (χ1) is 19.2. The van der Waals surface area contributed by atoms with Crippen molar-refractivity contribution in [2.24, 2.45) is 5.92 Å². The lowest BCUT2D eigenvalue weighted by Crippen LogP contribution is -2.40. The van der Waals surface area contributed by atoms with Crippen molar-refractivity contribution in [1.29, 1.82) is 0 Å². The fraction of sp³-hybridized carbons (Fsp3) is 0.600. The molecule has 2 fully saturated rings. The molecular formula is C30H43ClN3O5P. The lowest BCUT2D eigenvalue weighted by Gasteiger charge is -2.33. The average molecular weight is 592 g/mol. The van der Waals surface area contributed by atoms with E-state index < -0.39 is 7.60 Å². The number of aromatic nitrogens is 1. The second-order valence-electron chi connectivity index (χ2n) is 10.9. The first kappa shape index (κ1) is 30.8. The summed E-state index contributed by atoms with van der Waals surface area (Å²) >= 11 is 6.32. The summed E-state index contributed by atoms with van der Waals surface area (Å²) in [7, 11) is -1.33. The number of hydrogen-bond acceptors (Lipinski definition) is 6. The Kier molecular flexibility index (Phi) is 10.9. The van der Waals surface area contributed by atoms with Gasteiger partial charge < -0.3 is 24.0 Å². The van der Waals surface area contributed by atoms with Crippen LogP contribution >= 0.6 is 19.2 Å². The van der Waals surface area contributed by atoms with E-state index >= 15 is 0 Å². The Morgan fingerprint density at radius 1 is 1.10 bits per heavy atom. The molecule has 2 saturated carbocycles. The Labute approximate surface area is 243 Å². The van der Waals surface area contributed by atoms with Crippen molar-refractivity contribution >= 4 is 25.2 Å². The summed E-state index contributed by atoms with van der Waals surface area (Å²) in [5.41, 5.74) is 3.19. The van der Waals surface area contributed by atoms with E-state index in [1.165, 1.54) is 19.3 Å². The van der Waals surface area contributed by atoms with Gasteiger partial charge in [0.05, 0.1) is 36.4 Å². The summed E-state index contributed by atoms with van der Waals surface area (Å²) in [6, 6.07) is 9.44. The van der Waals surface area contributed by atoms with E-state index in [1.54, 1.807) is 4.90 Å². The van der Waals surface area contributed by atoms with E-state index in [0.717, 1.165) is 48.3 Å². The maximum atomic E-state index is 13.3. The zero-order valence-electron chi connectivity index (χ0n) is 24.2. The van der Waals surface area contributed by atoms with Crippen molar-refractivity contribution in [2.45, 2.75) is 84.0 Å². The van der Waals surface area contributed by atoms with E-state index in [1.807, 2.05) is 58.2 Å². The normalized spacial score (nSPS) is 19.6. The van der Waals surface area contributed by atoms with Crippen LogP contribution in [0, 0.1) is 12.8 Å². The number of nitrogens with zero attached hydrogens (tertiary/aromatic N) is 2. The SMILES string of the molecule is CCOP(=O)(OCC)C1CCCC(Oc2ccc(-c3ccc(Cl)cc3CNC(=O)N(C)CC3CCC3)nc2C)C1. The van der Waals surface area contributed by atoms with Gasteiger partial charge in [0.25, 0.3) is 0 Å². The molecule has 0 saturated heterocycles. The monoisotopic (exact) mass is 591 g/mol. The lowest BCUT2D eigenvalue weighted by atomic mass is 9.85. The molecule has 2 aliphatic rings. The molecule has 0 bridgehead atoms. The predicted octanol–water partition coefficient (Wildman–Crippen LogP) is 7.61. The van der Waals surface area contributed by atoms with Gasteiger partial charge in [-0.1, -0.05) is 24.1 Å². The molecule has 1 aromatic heterocycles. The highest BCUT2D eigenvalue weighted by atomic mass is 35.5. The molecule has 4 rings (SSSR count). The summed E-state index contributed by atoms with van der Waals surface area (Å²) in [5, 5.41) is 3.64. The molecule has 2 amide bonds. The predicted molar refractivity (Wildman–Crippen MR) is 159 cm³/mol. The number of carbonyl (C=O) groups excluding carboxylic acids is 1. The molecule has 2 aromatic rings. The highest BCUT2D eigenvalue weighted by Gasteiger charge is 2.39. The van der Waals surface area contributed by atoms with Crippen LogP contribution in [0.3, 0.4) is 0 Å². The average Bonchev–Trinajstić information content (AvgIpc) is 2.91. The van der Waals surface area contributed by atoms with Gasteiger partial charge in [0.2, 0.25) is 0 Å². The fourth-order valence-corrected chi connectivity index (χ4v) is 7.94. The van der Waals surface area contributed by atoms with Gasteiger partial charge in [-0.3, -0.25) is 4.57 Å². The zero-order valence-corrected chi connectivity index (χ0v) is 25.8. The smallest absolute Gasteiger partial charge is 0.333 e. The minimum absolute atomic E-state index is 0.0856. The number of rotatable bonds is 12. The number of carbonyl (C=O) groups is 1. The number of urea groups is 1. The third-order valence-corrected chi connectivity index (χ3v) is 10.7. The molecule has 2 aliphatic carbocycles. The maximum Gasteiger partial charge on any atom is 0.333 e. The van der Waals surface area contributed by atoms with Crippen LogP contribution in [-0.2, 0) is 20.2 Å². The molecule has 2 atom stereocenters. The summed E-state index contributed by atoms with van der Waals surface area (Å²) < 4.78 is 30.9. The quantitative estimate of drug-likeness (QED) is 0.256. The third-order valence-electron chi connectivity index (χ3n) is 7.87. The first-order valence-electron chi connectivity index (χ1n) is 14.5. The van der Waals surface area contributed by atoms with Crippen LogP contribution < -0.4 is 10.1 Å². The van der Waals surface area contributed by atoms with Crippen LogP contribution in [0.2, 0.25) is 5.02 Å². The fourth-order valence-electron chi connectivity index (χ4n) is 5.53. The van der Waals surface area contributed by atoms with Gasteiger partial charge in [-0.05, 0) is 95.0 Å². The van der Waals surface area contributed by atoms with Crippen LogP contribution in [0.4, 0.5) is 4.79 Å². The highest BCUT2D eigenvalue weighted by molar-refractivity contribution is 7.54. The Hall–Kier alpha value is -2.12. The third kappa shape index (κ3) is 7.79. The van der Waals surface area contributed by atoms with E-state index in [-0.39, 0.29) is 17.8 Å². The molecule has 1 N–H and O–H groups in total. The molecule has 1 heterocycles. The Balaban J connectivity index is 1.43. The van der Waals surface area contributed by atoms with Gasteiger partial charge in [0.1, 0.15) is 5.75 Å². The molecule has 0 spiro atoms. The number of halogens is 1. The van der Waals surface area contributed by atoms with E-state index in [9.17, 15) is 9.36 Å². The minimum Gasteiger partial charge on any atom is -0.489 e. The number of amides is 2. The Morgan fingerprint density at radius 2 is 1.82 bits per heavy atom. The largest absolute Gasteiger partial charge is 0.489 e. The zero-order chi connectivity index (χ0) is 28.7. The molecule has 0 aliphatic heterocycles. The van der Waals surface area contributed by atoms with Crippen LogP contribution in [-0.4, -0.2) is 54.5 Å². The molecule has 0 radical (unpaired) electrons. The van der Waals surface area contributed by atoms with Crippen molar-refractivity contribution in [3.8, 4) is 17.0 Å². The second kappa shape index (κ2) is 14.2. The summed E-state index contributed by atoms with van der Waals surface area (Å²) in [6.45, 7) is 7.46. The first-order valence-corrected chi connectivity index (χ1v) is 16.5.